The number of carbonyl (C=O) groups is 2. The van der Waals surface area contributed by atoms with Crippen LogP contribution in [0, 0.1) is 0 Å². The van der Waals surface area contributed by atoms with Gasteiger partial charge in [-0.2, -0.15) is 0 Å². The SMILES string of the molecule is CC(=O)N(CCC(=O)Nc1ccccc1C(C)C)c1ccccc1C(C)C. The first kappa shape index (κ1) is 20.7. The fourth-order valence-electron chi connectivity index (χ4n) is 3.21. The second-order valence-corrected chi connectivity index (χ2v) is 7.42. The van der Waals surface area contributed by atoms with Gasteiger partial charge in [-0.3, -0.25) is 9.59 Å². The van der Waals surface area contributed by atoms with Crippen molar-refractivity contribution in [3.05, 3.63) is 59.7 Å². The summed E-state index contributed by atoms with van der Waals surface area (Å²) in [5.41, 5.74) is 3.95. The van der Waals surface area contributed by atoms with Crippen LogP contribution in [0.25, 0.3) is 0 Å². The van der Waals surface area contributed by atoms with Crippen molar-refractivity contribution in [2.75, 3.05) is 16.8 Å². The van der Waals surface area contributed by atoms with Crippen LogP contribution in [0.15, 0.2) is 48.5 Å². The van der Waals surface area contributed by atoms with Gasteiger partial charge in [0, 0.05) is 31.3 Å². The summed E-state index contributed by atoms with van der Waals surface area (Å²) in [6.45, 7) is 10.3. The molecule has 0 spiro atoms. The third-order valence-corrected chi connectivity index (χ3v) is 4.65. The van der Waals surface area contributed by atoms with Gasteiger partial charge in [0.25, 0.3) is 0 Å². The lowest BCUT2D eigenvalue weighted by Crippen LogP contribution is -2.32. The van der Waals surface area contributed by atoms with Crippen LogP contribution in [0.5, 0.6) is 0 Å². The maximum absolute atomic E-state index is 12.5. The van der Waals surface area contributed by atoms with E-state index in [0.29, 0.717) is 18.4 Å². The van der Waals surface area contributed by atoms with Crippen molar-refractivity contribution in [2.24, 2.45) is 0 Å². The Labute approximate surface area is 162 Å². The summed E-state index contributed by atoms with van der Waals surface area (Å²) in [4.78, 5) is 26.4. The minimum absolute atomic E-state index is 0.0570. The maximum Gasteiger partial charge on any atom is 0.226 e. The summed E-state index contributed by atoms with van der Waals surface area (Å²) in [5.74, 6) is 0.484. The average Bonchev–Trinajstić information content (AvgIpc) is 2.62. The predicted molar refractivity (Wildman–Crippen MR) is 112 cm³/mol. The first-order valence-electron chi connectivity index (χ1n) is 9.57. The van der Waals surface area contributed by atoms with Crippen LogP contribution in [0.2, 0.25) is 0 Å². The fraction of sp³-hybridized carbons (Fsp3) is 0.391. The Morgan fingerprint density at radius 2 is 1.44 bits per heavy atom. The third-order valence-electron chi connectivity index (χ3n) is 4.65. The molecule has 0 aliphatic carbocycles. The van der Waals surface area contributed by atoms with Crippen LogP contribution in [0.3, 0.4) is 0 Å². The molecule has 0 atom stereocenters. The van der Waals surface area contributed by atoms with Gasteiger partial charge in [-0.15, -0.1) is 0 Å². The van der Waals surface area contributed by atoms with Crippen molar-refractivity contribution in [3.8, 4) is 0 Å². The highest BCUT2D eigenvalue weighted by molar-refractivity contribution is 5.95. The zero-order valence-corrected chi connectivity index (χ0v) is 17.0. The van der Waals surface area contributed by atoms with E-state index < -0.39 is 0 Å². The summed E-state index contributed by atoms with van der Waals surface area (Å²) < 4.78 is 0. The van der Waals surface area contributed by atoms with Crippen molar-refractivity contribution in [1.29, 1.82) is 0 Å². The molecule has 0 bridgehead atoms. The molecule has 0 aliphatic heterocycles. The van der Waals surface area contributed by atoms with E-state index in [1.165, 1.54) is 0 Å². The molecule has 4 heteroatoms. The van der Waals surface area contributed by atoms with E-state index in [1.807, 2.05) is 48.5 Å². The summed E-state index contributed by atoms with van der Waals surface area (Å²) in [6.07, 6.45) is 0.248. The van der Waals surface area contributed by atoms with Crippen LogP contribution in [-0.2, 0) is 9.59 Å². The Hall–Kier alpha value is -2.62. The number of anilines is 2. The van der Waals surface area contributed by atoms with Gasteiger partial charge in [-0.1, -0.05) is 64.1 Å². The molecule has 0 unspecified atom stereocenters. The molecule has 144 valence electrons. The van der Waals surface area contributed by atoms with Gasteiger partial charge >= 0.3 is 0 Å². The lowest BCUT2D eigenvalue weighted by Gasteiger charge is -2.25. The van der Waals surface area contributed by atoms with Crippen molar-refractivity contribution in [1.82, 2.24) is 0 Å². The first-order valence-corrected chi connectivity index (χ1v) is 9.57. The number of benzene rings is 2. The maximum atomic E-state index is 12.5. The van der Waals surface area contributed by atoms with Gasteiger partial charge < -0.3 is 10.2 Å². The quantitative estimate of drug-likeness (QED) is 0.721. The van der Waals surface area contributed by atoms with Crippen molar-refractivity contribution >= 4 is 23.2 Å². The van der Waals surface area contributed by atoms with Gasteiger partial charge in [-0.25, -0.2) is 0 Å². The molecule has 2 rings (SSSR count). The molecule has 2 amide bonds. The topological polar surface area (TPSA) is 49.4 Å². The van der Waals surface area contributed by atoms with Crippen molar-refractivity contribution in [3.63, 3.8) is 0 Å². The number of carbonyl (C=O) groups excluding carboxylic acids is 2. The first-order chi connectivity index (χ1) is 12.8. The second-order valence-electron chi connectivity index (χ2n) is 7.42. The Bertz CT molecular complexity index is 796. The van der Waals surface area contributed by atoms with E-state index >= 15 is 0 Å². The highest BCUT2D eigenvalue weighted by atomic mass is 16.2. The largest absolute Gasteiger partial charge is 0.326 e. The van der Waals surface area contributed by atoms with E-state index in [4.69, 9.17) is 0 Å². The number of amides is 2. The minimum atomic E-state index is -0.0867. The summed E-state index contributed by atoms with van der Waals surface area (Å²) in [6, 6.07) is 15.7. The molecule has 0 saturated carbocycles. The van der Waals surface area contributed by atoms with Crippen LogP contribution in [0.1, 0.15) is 64.0 Å². The molecule has 0 aliphatic rings. The number of nitrogens with one attached hydrogen (secondary N) is 1. The highest BCUT2D eigenvalue weighted by Gasteiger charge is 2.18. The Kier molecular flexibility index (Phi) is 7.17. The van der Waals surface area contributed by atoms with E-state index in [0.717, 1.165) is 22.5 Å². The van der Waals surface area contributed by atoms with Crippen LogP contribution >= 0.6 is 0 Å². The normalized spacial score (nSPS) is 10.9. The number of rotatable bonds is 7. The molecule has 0 heterocycles. The number of nitrogens with zero attached hydrogens (tertiary/aromatic N) is 1. The van der Waals surface area contributed by atoms with Crippen LogP contribution in [0.4, 0.5) is 11.4 Å². The second kappa shape index (κ2) is 9.36. The average molecular weight is 367 g/mol. The summed E-state index contributed by atoms with van der Waals surface area (Å²) >= 11 is 0. The van der Waals surface area contributed by atoms with E-state index in [9.17, 15) is 9.59 Å². The van der Waals surface area contributed by atoms with Gasteiger partial charge in [0.15, 0.2) is 0 Å². The highest BCUT2D eigenvalue weighted by Crippen LogP contribution is 2.28. The van der Waals surface area contributed by atoms with Crippen LogP contribution < -0.4 is 10.2 Å². The fourth-order valence-corrected chi connectivity index (χ4v) is 3.21. The molecule has 2 aromatic rings. The molecule has 27 heavy (non-hydrogen) atoms. The number of hydrogen-bond acceptors (Lipinski definition) is 2. The molecule has 0 aromatic heterocycles. The molecule has 2 aromatic carbocycles. The molecule has 0 saturated heterocycles. The molecule has 4 nitrogen and oxygen atoms in total. The predicted octanol–water partition coefficient (Wildman–Crippen LogP) is 5.32. The smallest absolute Gasteiger partial charge is 0.226 e. The van der Waals surface area contributed by atoms with Crippen molar-refractivity contribution < 1.29 is 9.59 Å². The lowest BCUT2D eigenvalue weighted by molar-refractivity contribution is -0.117. The lowest BCUT2D eigenvalue weighted by atomic mass is 10.00. The summed E-state index contributed by atoms with van der Waals surface area (Å²) in [5, 5.41) is 3.00. The Morgan fingerprint density at radius 3 is 2.04 bits per heavy atom. The standard InChI is InChI=1S/C23H30N2O2/c1-16(2)19-10-6-8-12-21(19)24-23(27)14-15-25(18(5)26)22-13-9-7-11-20(22)17(3)4/h6-13,16-17H,14-15H2,1-5H3,(H,24,27). The van der Waals surface area contributed by atoms with E-state index in [1.54, 1.807) is 11.8 Å². The van der Waals surface area contributed by atoms with Crippen molar-refractivity contribution in [2.45, 2.75) is 52.9 Å². The zero-order valence-electron chi connectivity index (χ0n) is 17.0. The molecule has 0 radical (unpaired) electrons. The van der Waals surface area contributed by atoms with Gasteiger partial charge in [-0.05, 0) is 35.1 Å². The minimum Gasteiger partial charge on any atom is -0.326 e. The van der Waals surface area contributed by atoms with E-state index in [2.05, 4.69) is 33.0 Å². The Balaban J connectivity index is 2.11. The van der Waals surface area contributed by atoms with Gasteiger partial charge in [0.05, 0.1) is 0 Å². The summed E-state index contributed by atoms with van der Waals surface area (Å²) in [7, 11) is 0. The number of para-hydroxylation sites is 2. The molecule has 1 N–H and O–H groups in total. The van der Waals surface area contributed by atoms with Gasteiger partial charge in [0.1, 0.15) is 0 Å². The molecular weight excluding hydrogens is 336 g/mol. The van der Waals surface area contributed by atoms with Crippen LogP contribution in [-0.4, -0.2) is 18.4 Å². The zero-order chi connectivity index (χ0) is 20.0. The molecule has 0 fully saturated rings. The van der Waals surface area contributed by atoms with Gasteiger partial charge in [0.2, 0.25) is 11.8 Å². The number of hydrogen-bond donors (Lipinski definition) is 1. The van der Waals surface area contributed by atoms with E-state index in [-0.39, 0.29) is 18.2 Å². The Morgan fingerprint density at radius 1 is 0.889 bits per heavy atom. The third kappa shape index (κ3) is 5.43. The monoisotopic (exact) mass is 366 g/mol. The molecular formula is C23H30N2O2.